The first-order valence-electron chi connectivity index (χ1n) is 12.5. The van der Waals surface area contributed by atoms with Crippen LogP contribution in [0.4, 0.5) is 0 Å². The van der Waals surface area contributed by atoms with Crippen LogP contribution in [0, 0.1) is 5.92 Å². The molecule has 1 aromatic heterocycles. The average molecular weight is 465 g/mol. The number of likely N-dealkylation sites (N-methyl/N-ethyl adjacent to an activating group) is 1. The maximum atomic E-state index is 13.9. The molecular formula is C27H36N4O3. The quantitative estimate of drug-likeness (QED) is 0.611. The van der Waals surface area contributed by atoms with Gasteiger partial charge in [0.2, 0.25) is 11.8 Å². The molecule has 4 rings (SSSR count). The predicted molar refractivity (Wildman–Crippen MR) is 131 cm³/mol. The van der Waals surface area contributed by atoms with Gasteiger partial charge in [-0.05, 0) is 75.4 Å². The first-order valence-corrected chi connectivity index (χ1v) is 12.5. The molecule has 2 fully saturated rings. The van der Waals surface area contributed by atoms with E-state index in [4.69, 9.17) is 4.74 Å². The zero-order valence-corrected chi connectivity index (χ0v) is 20.2. The van der Waals surface area contributed by atoms with Crippen LogP contribution < -0.4 is 15.4 Å². The molecule has 1 aliphatic heterocycles. The van der Waals surface area contributed by atoms with Crippen LogP contribution in [-0.2, 0) is 9.59 Å². The summed E-state index contributed by atoms with van der Waals surface area (Å²) in [6, 6.07) is 10.8. The van der Waals surface area contributed by atoms with Crippen molar-refractivity contribution in [1.29, 1.82) is 0 Å². The van der Waals surface area contributed by atoms with Crippen molar-refractivity contribution in [3.05, 3.63) is 54.4 Å². The number of aromatic nitrogens is 1. The summed E-state index contributed by atoms with van der Waals surface area (Å²) in [5, 5.41) is 6.09. The molecule has 1 saturated heterocycles. The number of carbonyl (C=O) groups is 2. The lowest BCUT2D eigenvalue weighted by Crippen LogP contribution is -2.55. The molecule has 7 heteroatoms. The fraction of sp³-hybridized carbons (Fsp3) is 0.519. The highest BCUT2D eigenvalue weighted by Gasteiger charge is 2.39. The summed E-state index contributed by atoms with van der Waals surface area (Å²) in [7, 11) is 1.76. The van der Waals surface area contributed by atoms with E-state index in [0.29, 0.717) is 12.3 Å². The molecule has 7 nitrogen and oxygen atoms in total. The van der Waals surface area contributed by atoms with Gasteiger partial charge in [-0.1, -0.05) is 31.4 Å². The van der Waals surface area contributed by atoms with Crippen molar-refractivity contribution in [2.24, 2.45) is 5.92 Å². The minimum Gasteiger partial charge on any atom is -0.456 e. The molecule has 3 atom stereocenters. The van der Waals surface area contributed by atoms with Gasteiger partial charge < -0.3 is 20.3 Å². The third-order valence-electron chi connectivity index (χ3n) is 7.16. The Balaban J connectivity index is 1.53. The summed E-state index contributed by atoms with van der Waals surface area (Å²) in [4.78, 5) is 32.7. The fourth-order valence-corrected chi connectivity index (χ4v) is 5.14. The SMILES string of the molecule is CN[C@@H](C)C(=O)N[C@H](C(=O)N1CCC[C@H]1c1cccc(Oc2cccnc2)c1)C1CCCCC1. The number of likely N-dealkylation sites (tertiary alicyclic amines) is 1. The summed E-state index contributed by atoms with van der Waals surface area (Å²) in [5.41, 5.74) is 1.06. The zero-order valence-electron chi connectivity index (χ0n) is 20.2. The first kappa shape index (κ1) is 24.2. The third kappa shape index (κ3) is 5.76. The van der Waals surface area contributed by atoms with Gasteiger partial charge in [-0.15, -0.1) is 0 Å². The van der Waals surface area contributed by atoms with Crippen molar-refractivity contribution < 1.29 is 14.3 Å². The molecule has 2 aromatic rings. The van der Waals surface area contributed by atoms with Crippen molar-refractivity contribution in [2.75, 3.05) is 13.6 Å². The lowest BCUT2D eigenvalue weighted by atomic mass is 9.83. The minimum atomic E-state index is -0.473. The van der Waals surface area contributed by atoms with E-state index in [2.05, 4.69) is 21.7 Å². The van der Waals surface area contributed by atoms with E-state index in [-0.39, 0.29) is 29.8 Å². The number of carbonyl (C=O) groups excluding carboxylic acids is 2. The van der Waals surface area contributed by atoms with Gasteiger partial charge in [0.25, 0.3) is 0 Å². The van der Waals surface area contributed by atoms with Crippen molar-refractivity contribution in [2.45, 2.75) is 70.0 Å². The molecular weight excluding hydrogens is 428 g/mol. The Kier molecular flexibility index (Phi) is 8.16. The number of hydrogen-bond donors (Lipinski definition) is 2. The topological polar surface area (TPSA) is 83.6 Å². The zero-order chi connectivity index (χ0) is 23.9. The highest BCUT2D eigenvalue weighted by molar-refractivity contribution is 5.90. The van der Waals surface area contributed by atoms with Crippen LogP contribution >= 0.6 is 0 Å². The van der Waals surface area contributed by atoms with Crippen LogP contribution in [0.5, 0.6) is 11.5 Å². The van der Waals surface area contributed by atoms with Gasteiger partial charge >= 0.3 is 0 Å². The molecule has 0 bridgehead atoms. The van der Waals surface area contributed by atoms with Crippen LogP contribution in [-0.4, -0.2) is 47.4 Å². The largest absolute Gasteiger partial charge is 0.456 e. The lowest BCUT2D eigenvalue weighted by Gasteiger charge is -2.35. The van der Waals surface area contributed by atoms with E-state index in [9.17, 15) is 9.59 Å². The molecule has 1 aliphatic carbocycles. The second-order valence-corrected chi connectivity index (χ2v) is 9.45. The predicted octanol–water partition coefficient (Wildman–Crippen LogP) is 4.21. The smallest absolute Gasteiger partial charge is 0.245 e. The number of rotatable bonds is 8. The van der Waals surface area contributed by atoms with Gasteiger partial charge in [0.15, 0.2) is 0 Å². The minimum absolute atomic E-state index is 0.0188. The molecule has 2 amide bonds. The number of nitrogens with zero attached hydrogens (tertiary/aromatic N) is 2. The molecule has 34 heavy (non-hydrogen) atoms. The van der Waals surface area contributed by atoms with Crippen LogP contribution in [0.2, 0.25) is 0 Å². The molecule has 182 valence electrons. The maximum absolute atomic E-state index is 13.9. The molecule has 0 unspecified atom stereocenters. The van der Waals surface area contributed by atoms with Gasteiger partial charge in [-0.2, -0.15) is 0 Å². The van der Waals surface area contributed by atoms with Crippen LogP contribution in [0.1, 0.15) is 63.5 Å². The number of pyridine rings is 1. The molecule has 0 spiro atoms. The molecule has 0 radical (unpaired) electrons. The maximum Gasteiger partial charge on any atom is 0.245 e. The number of benzene rings is 1. The fourth-order valence-electron chi connectivity index (χ4n) is 5.14. The van der Waals surface area contributed by atoms with Crippen molar-refractivity contribution in [3.8, 4) is 11.5 Å². The third-order valence-corrected chi connectivity index (χ3v) is 7.16. The number of nitrogens with one attached hydrogen (secondary N) is 2. The molecule has 2 aliphatic rings. The summed E-state index contributed by atoms with van der Waals surface area (Å²) >= 11 is 0. The summed E-state index contributed by atoms with van der Waals surface area (Å²) in [6.07, 6.45) is 10.6. The Hall–Kier alpha value is -2.93. The summed E-state index contributed by atoms with van der Waals surface area (Å²) < 4.78 is 5.98. The van der Waals surface area contributed by atoms with Crippen LogP contribution in [0.15, 0.2) is 48.8 Å². The van der Waals surface area contributed by atoms with Crippen molar-refractivity contribution in [3.63, 3.8) is 0 Å². The molecule has 2 N–H and O–H groups in total. The standard InChI is InChI=1S/C27H36N4O3/c1-19(28-2)26(32)30-25(20-9-4-3-5-10-20)27(33)31-16-8-14-24(31)21-11-6-12-22(17-21)34-23-13-7-15-29-18-23/h6-7,11-13,15,17-20,24-25,28H,3-5,8-10,14,16H2,1-2H3,(H,30,32)/t19-,24-,25-/m0/s1. The average Bonchev–Trinajstić information content (AvgIpc) is 3.38. The van der Waals surface area contributed by atoms with Gasteiger partial charge in [0.1, 0.15) is 17.5 Å². The van der Waals surface area contributed by atoms with E-state index in [1.807, 2.05) is 42.2 Å². The Morgan fingerprint density at radius 3 is 2.59 bits per heavy atom. The summed E-state index contributed by atoms with van der Waals surface area (Å²) in [6.45, 7) is 2.53. The Morgan fingerprint density at radius 2 is 1.85 bits per heavy atom. The van der Waals surface area contributed by atoms with Crippen molar-refractivity contribution in [1.82, 2.24) is 20.5 Å². The van der Waals surface area contributed by atoms with Crippen LogP contribution in [0.25, 0.3) is 0 Å². The van der Waals surface area contributed by atoms with E-state index in [0.717, 1.165) is 49.8 Å². The van der Waals surface area contributed by atoms with Crippen LogP contribution in [0.3, 0.4) is 0 Å². The normalized spacial score (nSPS) is 20.5. The van der Waals surface area contributed by atoms with E-state index >= 15 is 0 Å². The van der Waals surface area contributed by atoms with Gasteiger partial charge in [0.05, 0.1) is 18.3 Å². The number of amides is 2. The van der Waals surface area contributed by atoms with Gasteiger partial charge in [0, 0.05) is 12.7 Å². The second-order valence-electron chi connectivity index (χ2n) is 9.45. The monoisotopic (exact) mass is 464 g/mol. The lowest BCUT2D eigenvalue weighted by molar-refractivity contribution is -0.139. The highest BCUT2D eigenvalue weighted by Crippen LogP contribution is 2.36. The van der Waals surface area contributed by atoms with Gasteiger partial charge in [-0.3, -0.25) is 14.6 Å². The first-order chi connectivity index (χ1) is 16.6. The van der Waals surface area contributed by atoms with E-state index < -0.39 is 6.04 Å². The highest BCUT2D eigenvalue weighted by atomic mass is 16.5. The summed E-state index contributed by atoms with van der Waals surface area (Å²) in [5.74, 6) is 1.52. The van der Waals surface area contributed by atoms with E-state index in [1.165, 1.54) is 6.42 Å². The second kappa shape index (κ2) is 11.5. The molecule has 2 heterocycles. The number of hydrogen-bond acceptors (Lipinski definition) is 5. The molecule has 1 aromatic carbocycles. The Bertz CT molecular complexity index is 961. The number of ether oxygens (including phenoxy) is 1. The van der Waals surface area contributed by atoms with E-state index in [1.54, 1.807) is 19.4 Å². The van der Waals surface area contributed by atoms with Gasteiger partial charge in [-0.25, -0.2) is 0 Å². The molecule has 1 saturated carbocycles. The Labute approximate surface area is 202 Å². The Morgan fingerprint density at radius 1 is 1.06 bits per heavy atom. The van der Waals surface area contributed by atoms with Crippen molar-refractivity contribution >= 4 is 11.8 Å².